The molecule has 0 atom stereocenters. The predicted octanol–water partition coefficient (Wildman–Crippen LogP) is 2.53. The number of hydrogen-bond donors (Lipinski definition) is 3. The van der Waals surface area contributed by atoms with Crippen molar-refractivity contribution < 1.29 is 17.9 Å². The molecule has 4 N–H and O–H groups in total. The van der Waals surface area contributed by atoms with Crippen molar-refractivity contribution in [3.63, 3.8) is 0 Å². The molecule has 0 spiro atoms. The molecule has 0 aliphatic heterocycles. The van der Waals surface area contributed by atoms with E-state index in [2.05, 4.69) is 20.7 Å². The molecule has 0 fully saturated rings. The Morgan fingerprint density at radius 2 is 1.81 bits per heavy atom. The quantitative estimate of drug-likeness (QED) is 0.594. The van der Waals surface area contributed by atoms with E-state index in [1.54, 1.807) is 0 Å². The van der Waals surface area contributed by atoms with Crippen LogP contribution in [0.1, 0.15) is 5.56 Å². The van der Waals surface area contributed by atoms with E-state index in [1.165, 1.54) is 25.3 Å². The van der Waals surface area contributed by atoms with Gasteiger partial charge in [0.25, 0.3) is 0 Å². The van der Waals surface area contributed by atoms with Gasteiger partial charge in [-0.25, -0.2) is 15.8 Å². The van der Waals surface area contributed by atoms with Crippen LogP contribution >= 0.6 is 0 Å². The van der Waals surface area contributed by atoms with Crippen LogP contribution in [0.25, 0.3) is 0 Å². The van der Waals surface area contributed by atoms with E-state index in [4.69, 9.17) is 10.6 Å². The van der Waals surface area contributed by atoms with Crippen molar-refractivity contribution in [2.45, 2.75) is 6.18 Å². The molecule has 9 heteroatoms. The number of alkyl halides is 3. The topological polar surface area (TPSA) is 85.1 Å². The van der Waals surface area contributed by atoms with Crippen molar-refractivity contribution in [3.8, 4) is 5.75 Å². The summed E-state index contributed by atoms with van der Waals surface area (Å²) in [4.78, 5) is 7.67. The molecule has 1 aromatic carbocycles. The predicted molar refractivity (Wildman–Crippen MR) is 71.1 cm³/mol. The van der Waals surface area contributed by atoms with Gasteiger partial charge in [-0.1, -0.05) is 12.1 Å². The zero-order chi connectivity index (χ0) is 15.5. The number of nitrogens with one attached hydrogen (secondary N) is 2. The minimum Gasteiger partial charge on any atom is -0.490 e. The number of nitrogen functional groups attached to an aromatic ring is 1. The SMILES string of the molecule is COc1c(NN)ncnc1Nc1ccccc1C(F)(F)F. The molecule has 0 aliphatic rings. The molecule has 112 valence electrons. The summed E-state index contributed by atoms with van der Waals surface area (Å²) in [6, 6.07) is 5.05. The Bertz CT molecular complexity index is 633. The van der Waals surface area contributed by atoms with Gasteiger partial charge in [0.15, 0.2) is 11.6 Å². The highest BCUT2D eigenvalue weighted by Crippen LogP contribution is 2.37. The number of nitrogens with zero attached hydrogens (tertiary/aromatic N) is 2. The monoisotopic (exact) mass is 299 g/mol. The van der Waals surface area contributed by atoms with Gasteiger partial charge in [0.05, 0.1) is 18.4 Å². The lowest BCUT2D eigenvalue weighted by Crippen LogP contribution is -2.13. The summed E-state index contributed by atoms with van der Waals surface area (Å²) >= 11 is 0. The highest BCUT2D eigenvalue weighted by molar-refractivity contribution is 5.70. The van der Waals surface area contributed by atoms with Crippen LogP contribution in [0, 0.1) is 0 Å². The fourth-order valence-corrected chi connectivity index (χ4v) is 1.73. The number of hydrogen-bond acceptors (Lipinski definition) is 6. The molecule has 2 rings (SSSR count). The van der Waals surface area contributed by atoms with Crippen molar-refractivity contribution in [2.75, 3.05) is 17.9 Å². The van der Waals surface area contributed by atoms with E-state index in [0.29, 0.717) is 0 Å². The average molecular weight is 299 g/mol. The molecule has 2 aromatic rings. The number of methoxy groups -OCH3 is 1. The largest absolute Gasteiger partial charge is 0.490 e. The lowest BCUT2D eigenvalue weighted by Gasteiger charge is -2.16. The maximum absolute atomic E-state index is 12.9. The van der Waals surface area contributed by atoms with Gasteiger partial charge in [0.2, 0.25) is 5.75 Å². The van der Waals surface area contributed by atoms with Crippen molar-refractivity contribution in [3.05, 3.63) is 36.2 Å². The molecule has 0 saturated heterocycles. The number of nitrogens with two attached hydrogens (primary N) is 1. The first kappa shape index (κ1) is 14.9. The number of anilines is 3. The number of benzene rings is 1. The number of ether oxygens (including phenoxy) is 1. The van der Waals surface area contributed by atoms with E-state index in [-0.39, 0.29) is 23.1 Å². The average Bonchev–Trinajstić information content (AvgIpc) is 2.46. The van der Waals surface area contributed by atoms with Gasteiger partial charge in [-0.2, -0.15) is 13.2 Å². The first-order chi connectivity index (χ1) is 9.97. The second-order valence-electron chi connectivity index (χ2n) is 3.92. The third-order valence-electron chi connectivity index (χ3n) is 2.63. The van der Waals surface area contributed by atoms with Crippen molar-refractivity contribution in [1.29, 1.82) is 0 Å². The number of aromatic nitrogens is 2. The Hall–Kier alpha value is -2.55. The van der Waals surface area contributed by atoms with E-state index < -0.39 is 11.7 Å². The second-order valence-corrected chi connectivity index (χ2v) is 3.92. The number of rotatable bonds is 4. The second kappa shape index (κ2) is 5.83. The fraction of sp³-hybridized carbons (Fsp3) is 0.167. The van der Waals surface area contributed by atoms with Crippen LogP contribution in [0.3, 0.4) is 0 Å². The molecule has 21 heavy (non-hydrogen) atoms. The molecular formula is C12H12F3N5O. The van der Waals surface area contributed by atoms with Crippen molar-refractivity contribution in [1.82, 2.24) is 9.97 Å². The summed E-state index contributed by atoms with van der Waals surface area (Å²) in [7, 11) is 1.33. The van der Waals surface area contributed by atoms with Gasteiger partial charge in [0.1, 0.15) is 6.33 Å². The number of hydrazine groups is 1. The normalized spacial score (nSPS) is 11.1. The maximum Gasteiger partial charge on any atom is 0.418 e. The Kier molecular flexibility index (Phi) is 4.13. The molecule has 0 saturated carbocycles. The zero-order valence-corrected chi connectivity index (χ0v) is 10.9. The zero-order valence-electron chi connectivity index (χ0n) is 10.9. The molecule has 0 aliphatic carbocycles. The molecule has 0 bridgehead atoms. The standard InChI is InChI=1S/C12H12F3N5O/c1-21-9-10(17-6-18-11(9)20-16)19-8-5-3-2-4-7(8)12(13,14)15/h2-6H,16H2,1H3,(H2,17,18,19,20). The summed E-state index contributed by atoms with van der Waals surface area (Å²) in [6.45, 7) is 0. The van der Waals surface area contributed by atoms with Crippen molar-refractivity contribution in [2.24, 2.45) is 5.84 Å². The molecule has 0 radical (unpaired) electrons. The lowest BCUT2D eigenvalue weighted by atomic mass is 10.1. The highest BCUT2D eigenvalue weighted by Gasteiger charge is 2.33. The Morgan fingerprint density at radius 1 is 1.14 bits per heavy atom. The van der Waals surface area contributed by atoms with Gasteiger partial charge < -0.3 is 15.5 Å². The van der Waals surface area contributed by atoms with E-state index >= 15 is 0 Å². The summed E-state index contributed by atoms with van der Waals surface area (Å²) in [5, 5.41) is 2.58. The first-order valence-corrected chi connectivity index (χ1v) is 5.76. The summed E-state index contributed by atoms with van der Waals surface area (Å²) in [6.07, 6.45) is -3.34. The Morgan fingerprint density at radius 3 is 2.43 bits per heavy atom. The van der Waals surface area contributed by atoms with Gasteiger partial charge in [-0.3, -0.25) is 0 Å². The van der Waals surface area contributed by atoms with Gasteiger partial charge >= 0.3 is 6.18 Å². The molecule has 1 aromatic heterocycles. The fourth-order valence-electron chi connectivity index (χ4n) is 1.73. The van der Waals surface area contributed by atoms with Crippen LogP contribution < -0.4 is 21.3 Å². The van der Waals surface area contributed by atoms with Crippen LogP contribution in [-0.4, -0.2) is 17.1 Å². The van der Waals surface area contributed by atoms with E-state index in [0.717, 1.165) is 12.4 Å². The summed E-state index contributed by atoms with van der Waals surface area (Å²) < 4.78 is 43.9. The smallest absolute Gasteiger partial charge is 0.418 e. The molecule has 1 heterocycles. The highest BCUT2D eigenvalue weighted by atomic mass is 19.4. The maximum atomic E-state index is 12.9. The molecule has 0 unspecified atom stereocenters. The molecule has 0 amide bonds. The van der Waals surface area contributed by atoms with Gasteiger partial charge in [-0.15, -0.1) is 0 Å². The Balaban J connectivity index is 2.44. The third kappa shape index (κ3) is 3.14. The van der Waals surface area contributed by atoms with Gasteiger partial charge in [-0.05, 0) is 12.1 Å². The molecule has 6 nitrogen and oxygen atoms in total. The van der Waals surface area contributed by atoms with Crippen LogP contribution in [0.2, 0.25) is 0 Å². The number of para-hydroxylation sites is 1. The Labute approximate surface area is 118 Å². The minimum atomic E-state index is -4.49. The van der Waals surface area contributed by atoms with E-state index in [1.807, 2.05) is 0 Å². The van der Waals surface area contributed by atoms with Crippen LogP contribution in [-0.2, 0) is 6.18 Å². The van der Waals surface area contributed by atoms with Crippen molar-refractivity contribution >= 4 is 17.3 Å². The third-order valence-corrected chi connectivity index (χ3v) is 2.63. The van der Waals surface area contributed by atoms with Gasteiger partial charge in [0, 0.05) is 0 Å². The van der Waals surface area contributed by atoms with Crippen LogP contribution in [0.5, 0.6) is 5.75 Å². The minimum absolute atomic E-state index is 0.0668. The lowest BCUT2D eigenvalue weighted by molar-refractivity contribution is -0.136. The van der Waals surface area contributed by atoms with Crippen LogP contribution in [0.4, 0.5) is 30.5 Å². The first-order valence-electron chi connectivity index (χ1n) is 5.76. The van der Waals surface area contributed by atoms with Crippen LogP contribution in [0.15, 0.2) is 30.6 Å². The summed E-state index contributed by atoms with van der Waals surface area (Å²) in [5.41, 5.74) is 1.32. The summed E-state index contributed by atoms with van der Waals surface area (Å²) in [5.74, 6) is 5.59. The van der Waals surface area contributed by atoms with E-state index in [9.17, 15) is 13.2 Å². The molecular weight excluding hydrogens is 287 g/mol. The number of halogens is 3.